The predicted octanol–water partition coefficient (Wildman–Crippen LogP) is 3.25. The van der Waals surface area contributed by atoms with Crippen LogP contribution in [0.3, 0.4) is 0 Å². The molecule has 0 saturated carbocycles. The highest BCUT2D eigenvalue weighted by atomic mass is 19.3. The van der Waals surface area contributed by atoms with Gasteiger partial charge in [-0.1, -0.05) is 39.0 Å². The summed E-state index contributed by atoms with van der Waals surface area (Å²) in [6.45, 7) is 2.46. The third kappa shape index (κ3) is 7.89. The second-order valence-electron chi connectivity index (χ2n) is 2.58. The molecule has 10 heavy (non-hydrogen) atoms. The van der Waals surface area contributed by atoms with Gasteiger partial charge in [-0.2, -0.15) is 4.94 Å². The van der Waals surface area contributed by atoms with E-state index < -0.39 is 0 Å². The van der Waals surface area contributed by atoms with Crippen molar-refractivity contribution in [1.29, 1.82) is 0 Å². The Kier molecular flexibility index (Phi) is 8.79. The fourth-order valence-corrected chi connectivity index (χ4v) is 0.937. The minimum absolute atomic E-state index is 0.270. The lowest BCUT2D eigenvalue weighted by Gasteiger charge is -1.96. The molecule has 0 aliphatic carbocycles. The van der Waals surface area contributed by atoms with Gasteiger partial charge in [0.25, 0.3) is 0 Å². The molecule has 0 spiro atoms. The van der Waals surface area contributed by atoms with Crippen LogP contribution in [0.2, 0.25) is 0 Å². The number of hydrogen-bond donors (Lipinski definition) is 0. The molecule has 0 aromatic carbocycles. The average Bonchev–Trinajstić information content (AvgIpc) is 1.97. The van der Waals surface area contributed by atoms with Crippen LogP contribution < -0.4 is 0 Å². The largest absolute Gasteiger partial charge is 0.194 e. The molecular weight excluding hydrogens is 131 g/mol. The number of unbranched alkanes of at least 4 members (excludes halogenated alkanes) is 5. The first-order valence-electron chi connectivity index (χ1n) is 4.15. The van der Waals surface area contributed by atoms with Gasteiger partial charge in [-0.05, 0) is 10.9 Å². The van der Waals surface area contributed by atoms with Crippen molar-refractivity contribution in [2.75, 3.05) is 6.61 Å². The Morgan fingerprint density at radius 1 is 1.00 bits per heavy atom. The standard InChI is InChI=1S/C8H17FO/c1-2-3-4-5-6-7-8-10-9/h2-8H2,1H3. The Balaban J connectivity index is 2.65. The zero-order valence-electron chi connectivity index (χ0n) is 6.74. The fourth-order valence-electron chi connectivity index (χ4n) is 0.937. The van der Waals surface area contributed by atoms with E-state index in [0.29, 0.717) is 0 Å². The van der Waals surface area contributed by atoms with E-state index in [1.165, 1.54) is 25.7 Å². The van der Waals surface area contributed by atoms with E-state index >= 15 is 0 Å². The molecule has 0 heterocycles. The second-order valence-corrected chi connectivity index (χ2v) is 2.58. The molecule has 0 amide bonds. The van der Waals surface area contributed by atoms with Crippen LogP contribution in [0, 0.1) is 0 Å². The summed E-state index contributed by atoms with van der Waals surface area (Å²) >= 11 is 0. The molecule has 62 valence electrons. The number of hydrogen-bond acceptors (Lipinski definition) is 1. The van der Waals surface area contributed by atoms with Crippen molar-refractivity contribution in [1.82, 2.24) is 0 Å². The van der Waals surface area contributed by atoms with Crippen LogP contribution in [-0.2, 0) is 4.94 Å². The van der Waals surface area contributed by atoms with Gasteiger partial charge < -0.3 is 0 Å². The summed E-state index contributed by atoms with van der Waals surface area (Å²) in [4.78, 5) is 3.45. The van der Waals surface area contributed by atoms with Gasteiger partial charge in [0, 0.05) is 0 Å². The van der Waals surface area contributed by atoms with Crippen LogP contribution in [0.15, 0.2) is 0 Å². The summed E-state index contributed by atoms with van der Waals surface area (Å²) in [5.74, 6) is 0. The first kappa shape index (κ1) is 9.89. The maximum atomic E-state index is 11.1. The lowest BCUT2D eigenvalue weighted by Crippen LogP contribution is -1.85. The highest BCUT2D eigenvalue weighted by Crippen LogP contribution is 2.04. The molecule has 0 unspecified atom stereocenters. The van der Waals surface area contributed by atoms with Gasteiger partial charge in [-0.3, -0.25) is 0 Å². The van der Waals surface area contributed by atoms with E-state index in [-0.39, 0.29) is 6.61 Å². The molecular formula is C8H17FO. The smallest absolute Gasteiger partial charge is 0.0876 e. The van der Waals surface area contributed by atoms with E-state index in [1.54, 1.807) is 0 Å². The van der Waals surface area contributed by atoms with Gasteiger partial charge >= 0.3 is 0 Å². The zero-order chi connectivity index (χ0) is 7.66. The number of halogens is 1. The van der Waals surface area contributed by atoms with E-state index in [9.17, 15) is 4.53 Å². The average molecular weight is 148 g/mol. The molecule has 0 bridgehead atoms. The highest BCUT2D eigenvalue weighted by molar-refractivity contribution is 4.41. The van der Waals surface area contributed by atoms with Crippen molar-refractivity contribution in [2.45, 2.75) is 45.4 Å². The maximum absolute atomic E-state index is 11.1. The van der Waals surface area contributed by atoms with Crippen LogP contribution in [-0.4, -0.2) is 6.61 Å². The van der Waals surface area contributed by atoms with Crippen LogP contribution in [0.25, 0.3) is 0 Å². The molecule has 0 saturated heterocycles. The molecule has 0 N–H and O–H groups in total. The maximum Gasteiger partial charge on any atom is 0.0876 e. The monoisotopic (exact) mass is 148 g/mol. The fraction of sp³-hybridized carbons (Fsp3) is 1.00. The molecule has 0 aliphatic rings. The van der Waals surface area contributed by atoms with Gasteiger partial charge in [0.15, 0.2) is 0 Å². The van der Waals surface area contributed by atoms with Gasteiger partial charge in [0.05, 0.1) is 6.61 Å². The van der Waals surface area contributed by atoms with Gasteiger partial charge in [-0.15, -0.1) is 0 Å². The summed E-state index contributed by atoms with van der Waals surface area (Å²) in [5, 5.41) is 0. The van der Waals surface area contributed by atoms with Crippen LogP contribution in [0.1, 0.15) is 45.4 Å². The third-order valence-corrected chi connectivity index (χ3v) is 1.58. The van der Waals surface area contributed by atoms with E-state index in [0.717, 1.165) is 12.8 Å². The first-order valence-corrected chi connectivity index (χ1v) is 4.15. The van der Waals surface area contributed by atoms with Crippen LogP contribution in [0.4, 0.5) is 4.53 Å². The Bertz CT molecular complexity index is 49.2. The predicted molar refractivity (Wildman–Crippen MR) is 40.4 cm³/mol. The SMILES string of the molecule is CCCCCCCCOF. The zero-order valence-corrected chi connectivity index (χ0v) is 6.74. The van der Waals surface area contributed by atoms with Crippen molar-refractivity contribution in [2.24, 2.45) is 0 Å². The molecule has 0 aromatic heterocycles. The van der Waals surface area contributed by atoms with Crippen LogP contribution in [0.5, 0.6) is 0 Å². The van der Waals surface area contributed by atoms with Gasteiger partial charge in [-0.25, -0.2) is 0 Å². The second kappa shape index (κ2) is 8.89. The molecule has 0 aromatic rings. The summed E-state index contributed by atoms with van der Waals surface area (Å²) in [7, 11) is 0. The van der Waals surface area contributed by atoms with E-state index in [1.807, 2.05) is 0 Å². The molecule has 1 nitrogen and oxygen atoms in total. The minimum Gasteiger partial charge on any atom is -0.194 e. The Labute approximate surface area is 62.5 Å². The van der Waals surface area contributed by atoms with Crippen molar-refractivity contribution in [3.05, 3.63) is 0 Å². The summed E-state index contributed by atoms with van der Waals surface area (Å²) in [6.07, 6.45) is 7.03. The molecule has 0 rings (SSSR count). The quantitative estimate of drug-likeness (QED) is 0.503. The summed E-state index contributed by atoms with van der Waals surface area (Å²) in [5.41, 5.74) is 0. The van der Waals surface area contributed by atoms with E-state index in [2.05, 4.69) is 11.9 Å². The summed E-state index contributed by atoms with van der Waals surface area (Å²) < 4.78 is 11.1. The van der Waals surface area contributed by atoms with Crippen molar-refractivity contribution < 1.29 is 9.47 Å². The molecule has 0 aliphatic heterocycles. The number of rotatable bonds is 7. The Morgan fingerprint density at radius 2 is 1.60 bits per heavy atom. The van der Waals surface area contributed by atoms with E-state index in [4.69, 9.17) is 0 Å². The van der Waals surface area contributed by atoms with Crippen molar-refractivity contribution >= 4 is 0 Å². The minimum atomic E-state index is 0.270. The Hall–Kier alpha value is -0.110. The third-order valence-electron chi connectivity index (χ3n) is 1.58. The van der Waals surface area contributed by atoms with Gasteiger partial charge in [0.1, 0.15) is 0 Å². The molecule has 0 fully saturated rings. The summed E-state index contributed by atoms with van der Waals surface area (Å²) in [6, 6.07) is 0. The normalized spacial score (nSPS) is 10.2. The molecule has 0 atom stereocenters. The molecule has 2 heteroatoms. The van der Waals surface area contributed by atoms with Crippen molar-refractivity contribution in [3.63, 3.8) is 0 Å². The first-order chi connectivity index (χ1) is 4.91. The lowest BCUT2D eigenvalue weighted by atomic mass is 10.1. The lowest BCUT2D eigenvalue weighted by molar-refractivity contribution is -0.133. The molecule has 0 radical (unpaired) electrons. The highest BCUT2D eigenvalue weighted by Gasteiger charge is 1.88. The van der Waals surface area contributed by atoms with Crippen molar-refractivity contribution in [3.8, 4) is 0 Å². The topological polar surface area (TPSA) is 9.23 Å². The Morgan fingerprint density at radius 3 is 2.20 bits per heavy atom. The van der Waals surface area contributed by atoms with Crippen LogP contribution >= 0.6 is 0 Å². The van der Waals surface area contributed by atoms with Gasteiger partial charge in [0.2, 0.25) is 0 Å².